The summed E-state index contributed by atoms with van der Waals surface area (Å²) in [5.41, 5.74) is 5.63. The molecular weight excluding hydrogens is 204 g/mol. The van der Waals surface area contributed by atoms with Crippen LogP contribution in [0.15, 0.2) is 0 Å². The average Bonchev–Trinajstić information content (AvgIpc) is 2.29. The van der Waals surface area contributed by atoms with Gasteiger partial charge >= 0.3 is 0 Å². The third-order valence-electron chi connectivity index (χ3n) is 3.27. The quantitative estimate of drug-likeness (QED) is 0.581. The molecule has 5 heteroatoms. The Morgan fingerprint density at radius 2 is 1.88 bits per heavy atom. The first-order chi connectivity index (χ1) is 7.67. The minimum absolute atomic E-state index is 0.149. The molecule has 1 aliphatic heterocycles. The van der Waals surface area contributed by atoms with Crippen LogP contribution in [-0.4, -0.2) is 92.4 Å². The lowest BCUT2D eigenvalue weighted by atomic mass is 10.2. The Bertz CT molecular complexity index is 177. The molecule has 0 radical (unpaired) electrons. The molecule has 0 aromatic carbocycles. The molecule has 0 amide bonds. The smallest absolute Gasteiger partial charge is 0.0599 e. The highest BCUT2D eigenvalue weighted by atomic mass is 16.3. The maximum Gasteiger partial charge on any atom is 0.0599 e. The summed E-state index contributed by atoms with van der Waals surface area (Å²) in [6.07, 6.45) is 0. The van der Waals surface area contributed by atoms with Crippen molar-refractivity contribution in [2.45, 2.75) is 6.04 Å². The normalized spacial score (nSPS) is 21.6. The van der Waals surface area contributed by atoms with Crippen LogP contribution >= 0.6 is 0 Å². The van der Waals surface area contributed by atoms with Crippen molar-refractivity contribution in [3.8, 4) is 0 Å². The second-order valence-electron chi connectivity index (χ2n) is 4.75. The van der Waals surface area contributed by atoms with Crippen LogP contribution in [0.1, 0.15) is 0 Å². The van der Waals surface area contributed by atoms with E-state index in [9.17, 15) is 5.11 Å². The predicted molar refractivity (Wildman–Crippen MR) is 66.5 cm³/mol. The highest BCUT2D eigenvalue weighted by Gasteiger charge is 2.21. The SMILES string of the molecule is CN(C)CCN1CCN(C(CN)CO)CC1. The van der Waals surface area contributed by atoms with E-state index >= 15 is 0 Å². The van der Waals surface area contributed by atoms with Gasteiger partial charge in [0.1, 0.15) is 0 Å². The van der Waals surface area contributed by atoms with Crippen LogP contribution in [0.2, 0.25) is 0 Å². The molecule has 0 aromatic heterocycles. The highest BCUT2D eigenvalue weighted by molar-refractivity contribution is 4.78. The Kier molecular flexibility index (Phi) is 6.23. The average molecular weight is 230 g/mol. The van der Waals surface area contributed by atoms with Crippen molar-refractivity contribution in [1.82, 2.24) is 14.7 Å². The lowest BCUT2D eigenvalue weighted by molar-refractivity contribution is 0.0665. The monoisotopic (exact) mass is 230 g/mol. The Morgan fingerprint density at radius 1 is 1.25 bits per heavy atom. The van der Waals surface area contributed by atoms with Gasteiger partial charge in [-0.2, -0.15) is 0 Å². The van der Waals surface area contributed by atoms with Crippen molar-refractivity contribution < 1.29 is 5.11 Å². The van der Waals surface area contributed by atoms with Gasteiger partial charge in [0.05, 0.1) is 6.61 Å². The van der Waals surface area contributed by atoms with Gasteiger partial charge in [-0.05, 0) is 14.1 Å². The number of likely N-dealkylation sites (N-methyl/N-ethyl adjacent to an activating group) is 1. The van der Waals surface area contributed by atoms with E-state index in [0.29, 0.717) is 6.54 Å². The standard InChI is InChI=1S/C11H26N4O/c1-13(2)3-4-14-5-7-15(8-6-14)11(9-12)10-16/h11,16H,3-10,12H2,1-2H3. The minimum Gasteiger partial charge on any atom is -0.395 e. The molecule has 1 fully saturated rings. The molecule has 0 saturated carbocycles. The van der Waals surface area contributed by atoms with Gasteiger partial charge in [0.25, 0.3) is 0 Å². The maximum absolute atomic E-state index is 9.18. The fourth-order valence-electron chi connectivity index (χ4n) is 2.03. The molecule has 1 rings (SSSR count). The number of nitrogens with two attached hydrogens (primary N) is 1. The summed E-state index contributed by atoms with van der Waals surface area (Å²) in [5.74, 6) is 0. The van der Waals surface area contributed by atoms with Crippen LogP contribution in [0.3, 0.4) is 0 Å². The summed E-state index contributed by atoms with van der Waals surface area (Å²) in [5, 5.41) is 9.18. The number of aliphatic hydroxyl groups excluding tert-OH is 1. The third-order valence-corrected chi connectivity index (χ3v) is 3.27. The van der Waals surface area contributed by atoms with Gasteiger partial charge in [0.15, 0.2) is 0 Å². The van der Waals surface area contributed by atoms with Crippen LogP contribution in [0.4, 0.5) is 0 Å². The Hall–Kier alpha value is -0.200. The number of piperazine rings is 1. The lowest BCUT2D eigenvalue weighted by Crippen LogP contribution is -2.54. The van der Waals surface area contributed by atoms with Gasteiger partial charge in [-0.25, -0.2) is 0 Å². The van der Waals surface area contributed by atoms with E-state index in [-0.39, 0.29) is 12.6 Å². The summed E-state index contributed by atoms with van der Waals surface area (Å²) in [6.45, 7) is 7.19. The van der Waals surface area contributed by atoms with E-state index in [2.05, 4.69) is 28.8 Å². The van der Waals surface area contributed by atoms with Crippen molar-refractivity contribution >= 4 is 0 Å². The largest absolute Gasteiger partial charge is 0.395 e. The molecule has 1 unspecified atom stereocenters. The number of rotatable bonds is 6. The number of hydrogen-bond donors (Lipinski definition) is 2. The molecule has 1 heterocycles. The van der Waals surface area contributed by atoms with Crippen molar-refractivity contribution in [2.75, 3.05) is 66.5 Å². The van der Waals surface area contributed by atoms with Crippen molar-refractivity contribution in [2.24, 2.45) is 5.73 Å². The van der Waals surface area contributed by atoms with E-state index < -0.39 is 0 Å². The molecule has 1 saturated heterocycles. The van der Waals surface area contributed by atoms with E-state index in [1.807, 2.05) is 0 Å². The van der Waals surface area contributed by atoms with Gasteiger partial charge in [0, 0.05) is 51.9 Å². The van der Waals surface area contributed by atoms with Crippen LogP contribution in [0.5, 0.6) is 0 Å². The Morgan fingerprint density at radius 3 is 2.31 bits per heavy atom. The zero-order valence-electron chi connectivity index (χ0n) is 10.6. The molecule has 1 atom stereocenters. The van der Waals surface area contributed by atoms with Crippen LogP contribution in [0.25, 0.3) is 0 Å². The molecule has 0 spiro atoms. The summed E-state index contributed by atoms with van der Waals surface area (Å²) in [6, 6.07) is 0.149. The van der Waals surface area contributed by atoms with E-state index in [1.165, 1.54) is 0 Å². The summed E-state index contributed by atoms with van der Waals surface area (Å²) in [4.78, 5) is 6.98. The molecule has 0 aliphatic carbocycles. The molecular formula is C11H26N4O. The Labute approximate surface area is 98.8 Å². The summed E-state index contributed by atoms with van der Waals surface area (Å²) in [7, 11) is 4.21. The van der Waals surface area contributed by atoms with Crippen molar-refractivity contribution in [1.29, 1.82) is 0 Å². The maximum atomic E-state index is 9.18. The number of nitrogens with zero attached hydrogens (tertiary/aromatic N) is 3. The van der Waals surface area contributed by atoms with Crippen LogP contribution in [0, 0.1) is 0 Å². The number of hydrogen-bond acceptors (Lipinski definition) is 5. The lowest BCUT2D eigenvalue weighted by Gasteiger charge is -2.38. The second kappa shape index (κ2) is 7.19. The van der Waals surface area contributed by atoms with Crippen molar-refractivity contribution in [3.05, 3.63) is 0 Å². The van der Waals surface area contributed by atoms with Gasteiger partial charge < -0.3 is 15.7 Å². The van der Waals surface area contributed by atoms with Crippen LogP contribution < -0.4 is 5.73 Å². The van der Waals surface area contributed by atoms with Gasteiger partial charge in [0.2, 0.25) is 0 Å². The summed E-state index contributed by atoms with van der Waals surface area (Å²) >= 11 is 0. The first kappa shape index (κ1) is 13.9. The molecule has 96 valence electrons. The molecule has 5 nitrogen and oxygen atoms in total. The van der Waals surface area contributed by atoms with E-state index in [1.54, 1.807) is 0 Å². The van der Waals surface area contributed by atoms with Crippen LogP contribution in [-0.2, 0) is 0 Å². The Balaban J connectivity index is 2.22. The first-order valence-electron chi connectivity index (χ1n) is 6.09. The third kappa shape index (κ3) is 4.35. The molecule has 3 N–H and O–H groups in total. The molecule has 16 heavy (non-hydrogen) atoms. The molecule has 1 aliphatic rings. The topological polar surface area (TPSA) is 56.0 Å². The fraction of sp³-hybridized carbons (Fsp3) is 1.00. The fourth-order valence-corrected chi connectivity index (χ4v) is 2.03. The van der Waals surface area contributed by atoms with Gasteiger partial charge in [-0.3, -0.25) is 9.80 Å². The van der Waals surface area contributed by atoms with Crippen molar-refractivity contribution in [3.63, 3.8) is 0 Å². The van der Waals surface area contributed by atoms with Gasteiger partial charge in [-0.15, -0.1) is 0 Å². The first-order valence-corrected chi connectivity index (χ1v) is 6.09. The number of aliphatic hydroxyl groups is 1. The highest BCUT2D eigenvalue weighted by Crippen LogP contribution is 2.05. The van der Waals surface area contributed by atoms with E-state index in [4.69, 9.17) is 5.73 Å². The summed E-state index contributed by atoms with van der Waals surface area (Å²) < 4.78 is 0. The molecule has 0 bridgehead atoms. The zero-order chi connectivity index (χ0) is 12.0. The second-order valence-corrected chi connectivity index (χ2v) is 4.75. The predicted octanol–water partition coefficient (Wildman–Crippen LogP) is -1.51. The van der Waals surface area contributed by atoms with Gasteiger partial charge in [-0.1, -0.05) is 0 Å². The minimum atomic E-state index is 0.149. The van der Waals surface area contributed by atoms with E-state index in [0.717, 1.165) is 39.3 Å². The molecule has 0 aromatic rings. The zero-order valence-corrected chi connectivity index (χ0v) is 10.6.